The van der Waals surface area contributed by atoms with Gasteiger partial charge in [-0.15, -0.1) is 0 Å². The minimum atomic E-state index is -0.240. The van der Waals surface area contributed by atoms with E-state index >= 15 is 0 Å². The van der Waals surface area contributed by atoms with Crippen LogP contribution in [0.3, 0.4) is 0 Å². The molecular formula is C27H25BrO2. The second-order valence-electron chi connectivity index (χ2n) is 8.40. The minimum Gasteiger partial charge on any atom is -0.489 e. The Kier molecular flexibility index (Phi) is 5.42. The lowest BCUT2D eigenvalue weighted by Crippen LogP contribution is -2.30. The van der Waals surface area contributed by atoms with Crippen LogP contribution in [0, 0.1) is 6.92 Å². The zero-order valence-electron chi connectivity index (χ0n) is 17.8. The number of ether oxygens (including phenoxy) is 1. The van der Waals surface area contributed by atoms with Crippen LogP contribution in [0.5, 0.6) is 5.75 Å². The highest BCUT2D eigenvalue weighted by Gasteiger charge is 2.37. The van der Waals surface area contributed by atoms with Crippen LogP contribution < -0.4 is 4.74 Å². The van der Waals surface area contributed by atoms with Crippen LogP contribution in [0.1, 0.15) is 53.4 Å². The average molecular weight is 461 g/mol. The van der Waals surface area contributed by atoms with E-state index in [-0.39, 0.29) is 11.2 Å². The van der Waals surface area contributed by atoms with E-state index in [4.69, 9.17) is 4.74 Å². The van der Waals surface area contributed by atoms with Crippen LogP contribution >= 0.6 is 15.9 Å². The molecule has 0 saturated carbocycles. The second kappa shape index (κ2) is 7.88. The largest absolute Gasteiger partial charge is 0.489 e. The molecule has 0 saturated heterocycles. The highest BCUT2D eigenvalue weighted by Crippen LogP contribution is 2.45. The number of fused-ring (bicyclic) bond motifs is 1. The number of rotatable bonds is 4. The first-order chi connectivity index (χ1) is 14.3. The van der Waals surface area contributed by atoms with Gasteiger partial charge in [-0.25, -0.2) is 0 Å². The number of ketones is 1. The summed E-state index contributed by atoms with van der Waals surface area (Å²) in [5.74, 6) is 0.783. The smallest absolute Gasteiger partial charge is 0.194 e. The van der Waals surface area contributed by atoms with Crippen LogP contribution in [0.25, 0.3) is 5.57 Å². The van der Waals surface area contributed by atoms with Crippen molar-refractivity contribution in [1.29, 1.82) is 0 Å². The van der Waals surface area contributed by atoms with Crippen molar-refractivity contribution in [2.24, 2.45) is 0 Å². The van der Waals surface area contributed by atoms with Gasteiger partial charge in [-0.3, -0.25) is 4.79 Å². The summed E-state index contributed by atoms with van der Waals surface area (Å²) in [5, 5.41) is 0. The number of hydrogen-bond acceptors (Lipinski definition) is 2. The molecule has 1 aliphatic carbocycles. The molecule has 0 amide bonds. The molecule has 3 aromatic rings. The maximum absolute atomic E-state index is 13.7. The van der Waals surface area contributed by atoms with Gasteiger partial charge in [-0.05, 0) is 60.4 Å². The molecule has 3 aromatic carbocycles. The Bertz CT molecular complexity index is 1160. The molecule has 3 heteroatoms. The summed E-state index contributed by atoms with van der Waals surface area (Å²) in [6.45, 7) is 8.98. The van der Waals surface area contributed by atoms with E-state index in [2.05, 4.69) is 49.7 Å². The van der Waals surface area contributed by atoms with Gasteiger partial charge < -0.3 is 4.74 Å². The summed E-state index contributed by atoms with van der Waals surface area (Å²) in [4.78, 5) is 13.7. The third-order valence-corrected chi connectivity index (χ3v) is 6.65. The molecule has 0 bridgehead atoms. The molecule has 152 valence electrons. The van der Waals surface area contributed by atoms with Crippen molar-refractivity contribution in [3.63, 3.8) is 0 Å². The quantitative estimate of drug-likeness (QED) is 0.408. The topological polar surface area (TPSA) is 26.3 Å². The Labute approximate surface area is 186 Å². The molecule has 0 aliphatic heterocycles. The Morgan fingerprint density at radius 1 is 0.900 bits per heavy atom. The van der Waals surface area contributed by atoms with Crippen LogP contribution in [0.15, 0.2) is 76.8 Å². The number of Topliss-reactive ketones (excluding diaryl/α,β-unsaturated/α-hetero) is 1. The zero-order chi connectivity index (χ0) is 21.5. The first-order valence-corrected chi connectivity index (χ1v) is 10.9. The van der Waals surface area contributed by atoms with Gasteiger partial charge in [0.2, 0.25) is 0 Å². The van der Waals surface area contributed by atoms with Crippen LogP contribution in [0.2, 0.25) is 0 Å². The van der Waals surface area contributed by atoms with Gasteiger partial charge in [-0.2, -0.15) is 0 Å². The van der Waals surface area contributed by atoms with Crippen molar-refractivity contribution in [2.75, 3.05) is 0 Å². The van der Waals surface area contributed by atoms with Gasteiger partial charge in [0, 0.05) is 21.0 Å². The molecule has 30 heavy (non-hydrogen) atoms. The summed E-state index contributed by atoms with van der Waals surface area (Å²) >= 11 is 3.53. The summed E-state index contributed by atoms with van der Waals surface area (Å²) in [6, 6.07) is 22.1. The lowest BCUT2D eigenvalue weighted by Gasteiger charge is -2.35. The highest BCUT2D eigenvalue weighted by molar-refractivity contribution is 9.10. The molecule has 0 aromatic heterocycles. The second-order valence-corrected chi connectivity index (χ2v) is 9.31. The van der Waals surface area contributed by atoms with Gasteiger partial charge in [0.25, 0.3) is 0 Å². The Morgan fingerprint density at radius 2 is 1.63 bits per heavy atom. The van der Waals surface area contributed by atoms with Crippen LogP contribution in [-0.4, -0.2) is 5.78 Å². The molecule has 2 nitrogen and oxygen atoms in total. The zero-order valence-corrected chi connectivity index (χ0v) is 19.3. The highest BCUT2D eigenvalue weighted by atomic mass is 79.9. The Balaban J connectivity index is 1.75. The standard InChI is InChI=1S/C27H25BrO2/c1-17-14-20(28)10-12-22(17)25-18(2)27(3,4)24-13-11-21(15-23(24)26(25)29)30-16-19-8-6-5-7-9-19/h5-15H,16H2,1-4H3. The number of carbonyl (C=O) groups excluding carboxylic acids is 1. The van der Waals surface area contributed by atoms with Crippen molar-refractivity contribution in [3.05, 3.63) is 105 Å². The fourth-order valence-electron chi connectivity index (χ4n) is 4.14. The van der Waals surface area contributed by atoms with Gasteiger partial charge in [0.05, 0.1) is 0 Å². The maximum atomic E-state index is 13.7. The van der Waals surface area contributed by atoms with Crippen LogP contribution in [0.4, 0.5) is 0 Å². The molecule has 0 atom stereocenters. The van der Waals surface area contributed by atoms with Gasteiger partial charge in [0.1, 0.15) is 12.4 Å². The summed E-state index contributed by atoms with van der Waals surface area (Å²) in [5.41, 5.74) is 6.63. The van der Waals surface area contributed by atoms with Gasteiger partial charge >= 0.3 is 0 Å². The number of hydrogen-bond donors (Lipinski definition) is 0. The SMILES string of the molecule is CC1=C(c2ccc(Br)cc2C)C(=O)c2cc(OCc3ccccc3)ccc2C1(C)C. The summed E-state index contributed by atoms with van der Waals surface area (Å²) in [6.07, 6.45) is 0. The van der Waals surface area contributed by atoms with Crippen LogP contribution in [-0.2, 0) is 12.0 Å². The Morgan fingerprint density at radius 3 is 2.33 bits per heavy atom. The predicted octanol–water partition coefficient (Wildman–Crippen LogP) is 7.28. The number of allylic oxidation sites excluding steroid dienone is 2. The molecular weight excluding hydrogens is 436 g/mol. The molecule has 0 heterocycles. The van der Waals surface area contributed by atoms with Crippen molar-refractivity contribution in [2.45, 2.75) is 39.7 Å². The van der Waals surface area contributed by atoms with E-state index in [0.717, 1.165) is 43.4 Å². The van der Waals surface area contributed by atoms with Crippen molar-refractivity contribution in [1.82, 2.24) is 0 Å². The minimum absolute atomic E-state index is 0.0670. The molecule has 0 N–H and O–H groups in total. The summed E-state index contributed by atoms with van der Waals surface area (Å²) in [7, 11) is 0. The molecule has 0 spiro atoms. The van der Waals surface area contributed by atoms with E-state index < -0.39 is 0 Å². The number of benzene rings is 3. The number of carbonyl (C=O) groups is 1. The van der Waals surface area contributed by atoms with E-state index in [1.165, 1.54) is 0 Å². The molecule has 0 unspecified atom stereocenters. The van der Waals surface area contributed by atoms with E-state index in [9.17, 15) is 4.79 Å². The van der Waals surface area contributed by atoms with E-state index in [1.807, 2.05) is 60.7 Å². The summed E-state index contributed by atoms with van der Waals surface area (Å²) < 4.78 is 7.02. The molecule has 1 aliphatic rings. The third kappa shape index (κ3) is 3.63. The fourth-order valence-corrected chi connectivity index (χ4v) is 4.61. The first-order valence-electron chi connectivity index (χ1n) is 10.1. The maximum Gasteiger partial charge on any atom is 0.194 e. The molecule has 0 fully saturated rings. The normalized spacial score (nSPS) is 15.2. The molecule has 4 rings (SSSR count). The van der Waals surface area contributed by atoms with Gasteiger partial charge in [0.15, 0.2) is 5.78 Å². The van der Waals surface area contributed by atoms with Crippen molar-refractivity contribution < 1.29 is 9.53 Å². The number of aryl methyl sites for hydroxylation is 1. The lowest BCUT2D eigenvalue weighted by molar-refractivity contribution is 0.105. The van der Waals surface area contributed by atoms with E-state index in [1.54, 1.807) is 0 Å². The third-order valence-electron chi connectivity index (χ3n) is 6.15. The van der Waals surface area contributed by atoms with E-state index in [0.29, 0.717) is 12.4 Å². The average Bonchev–Trinajstić information content (AvgIpc) is 2.73. The fraction of sp³-hybridized carbons (Fsp3) is 0.222. The lowest BCUT2D eigenvalue weighted by atomic mass is 9.67. The first kappa shape index (κ1) is 20.6. The van der Waals surface area contributed by atoms with Crippen molar-refractivity contribution in [3.8, 4) is 5.75 Å². The van der Waals surface area contributed by atoms with Gasteiger partial charge in [-0.1, -0.05) is 77.8 Å². The predicted molar refractivity (Wildman–Crippen MR) is 126 cm³/mol. The number of halogens is 1. The molecule has 0 radical (unpaired) electrons. The Hall–Kier alpha value is -2.65. The van der Waals surface area contributed by atoms with Crippen molar-refractivity contribution >= 4 is 27.3 Å². The monoisotopic (exact) mass is 460 g/mol.